The zero-order chi connectivity index (χ0) is 18.5. The Bertz CT molecular complexity index is 1130. The van der Waals surface area contributed by atoms with Crippen molar-refractivity contribution < 1.29 is 22.7 Å². The molecule has 26 heavy (non-hydrogen) atoms. The summed E-state index contributed by atoms with van der Waals surface area (Å²) in [6, 6.07) is 8.87. The molecule has 3 aromatic rings. The average Bonchev–Trinajstić information content (AvgIpc) is 3.34. The van der Waals surface area contributed by atoms with Gasteiger partial charge in [-0.05, 0) is 55.7 Å². The smallest absolute Gasteiger partial charge is 0.335 e. The van der Waals surface area contributed by atoms with Gasteiger partial charge in [-0.2, -0.15) is 0 Å². The van der Waals surface area contributed by atoms with Crippen molar-refractivity contribution in [3.63, 3.8) is 0 Å². The Morgan fingerprint density at radius 3 is 2.69 bits per heavy atom. The number of rotatable bonds is 5. The number of carboxylic acid groups (broad SMARTS) is 1. The fourth-order valence-corrected chi connectivity index (χ4v) is 3.80. The fraction of sp³-hybridized carbons (Fsp3) is 0.222. The molecule has 0 spiro atoms. The van der Waals surface area contributed by atoms with E-state index < -0.39 is 16.0 Å². The van der Waals surface area contributed by atoms with Crippen LogP contribution in [0.25, 0.3) is 11.1 Å². The van der Waals surface area contributed by atoms with Crippen molar-refractivity contribution in [1.82, 2.24) is 4.98 Å². The molecule has 1 aromatic heterocycles. The molecular weight excluding hydrogens is 356 g/mol. The maximum absolute atomic E-state index is 12.6. The van der Waals surface area contributed by atoms with Crippen LogP contribution in [0.2, 0.25) is 0 Å². The van der Waals surface area contributed by atoms with Gasteiger partial charge in [-0.15, -0.1) is 0 Å². The highest BCUT2D eigenvalue weighted by Crippen LogP contribution is 2.40. The van der Waals surface area contributed by atoms with Gasteiger partial charge < -0.3 is 9.52 Å². The van der Waals surface area contributed by atoms with E-state index in [9.17, 15) is 18.3 Å². The number of anilines is 1. The predicted octanol–water partition coefficient (Wildman–Crippen LogP) is 3.51. The van der Waals surface area contributed by atoms with Crippen LogP contribution in [-0.4, -0.2) is 24.5 Å². The summed E-state index contributed by atoms with van der Waals surface area (Å²) in [5.41, 5.74) is 1.98. The van der Waals surface area contributed by atoms with Gasteiger partial charge in [0.2, 0.25) is 0 Å². The lowest BCUT2D eigenvalue weighted by Gasteiger charge is -2.09. The molecule has 1 aliphatic rings. The van der Waals surface area contributed by atoms with Crippen molar-refractivity contribution in [3.8, 4) is 0 Å². The Kier molecular flexibility index (Phi) is 3.73. The number of sulfonamides is 1. The quantitative estimate of drug-likeness (QED) is 0.709. The van der Waals surface area contributed by atoms with E-state index in [2.05, 4.69) is 9.71 Å². The molecule has 1 heterocycles. The van der Waals surface area contributed by atoms with Crippen LogP contribution in [0.1, 0.15) is 40.6 Å². The van der Waals surface area contributed by atoms with Crippen LogP contribution in [0.15, 0.2) is 45.7 Å². The number of aromatic nitrogens is 1. The molecule has 7 nitrogen and oxygen atoms in total. The first-order valence-corrected chi connectivity index (χ1v) is 9.59. The summed E-state index contributed by atoms with van der Waals surface area (Å²) in [4.78, 5) is 15.5. The zero-order valence-corrected chi connectivity index (χ0v) is 14.7. The van der Waals surface area contributed by atoms with Gasteiger partial charge in [0.1, 0.15) is 5.52 Å². The lowest BCUT2D eigenvalue weighted by Crippen LogP contribution is -2.14. The molecule has 8 heteroatoms. The summed E-state index contributed by atoms with van der Waals surface area (Å²) in [7, 11) is -3.92. The highest BCUT2D eigenvalue weighted by Gasteiger charge is 2.29. The number of carboxylic acids is 1. The van der Waals surface area contributed by atoms with Gasteiger partial charge in [0.25, 0.3) is 10.0 Å². The SMILES string of the molecule is Cc1ccc(S(=O)(=O)Nc2ccc3oc(C4CC4)nc3c2)cc1C(=O)O. The number of aromatic carboxylic acids is 1. The lowest BCUT2D eigenvalue weighted by molar-refractivity contribution is 0.0696. The molecule has 0 bridgehead atoms. The molecule has 0 saturated heterocycles. The van der Waals surface area contributed by atoms with Crippen LogP contribution >= 0.6 is 0 Å². The summed E-state index contributed by atoms with van der Waals surface area (Å²) in [6.07, 6.45) is 2.12. The van der Waals surface area contributed by atoms with Crippen molar-refractivity contribution in [2.75, 3.05) is 4.72 Å². The third-order valence-corrected chi connectivity index (χ3v) is 5.71. The number of fused-ring (bicyclic) bond motifs is 1. The number of oxazole rings is 1. The third kappa shape index (κ3) is 3.03. The van der Waals surface area contributed by atoms with Crippen LogP contribution in [0.5, 0.6) is 0 Å². The second-order valence-corrected chi connectivity index (χ2v) is 8.08. The van der Waals surface area contributed by atoms with Gasteiger partial charge in [-0.3, -0.25) is 4.72 Å². The van der Waals surface area contributed by atoms with E-state index in [-0.39, 0.29) is 10.5 Å². The van der Waals surface area contributed by atoms with Gasteiger partial charge in [-0.1, -0.05) is 6.07 Å². The van der Waals surface area contributed by atoms with Crippen molar-refractivity contribution in [2.24, 2.45) is 0 Å². The van der Waals surface area contributed by atoms with E-state index in [0.29, 0.717) is 34.2 Å². The van der Waals surface area contributed by atoms with Gasteiger partial charge in [0, 0.05) is 5.92 Å². The molecule has 1 aliphatic carbocycles. The highest BCUT2D eigenvalue weighted by atomic mass is 32.2. The van der Waals surface area contributed by atoms with Crippen LogP contribution < -0.4 is 4.72 Å². The molecule has 0 unspecified atom stereocenters. The minimum absolute atomic E-state index is 0.0473. The van der Waals surface area contributed by atoms with Gasteiger partial charge >= 0.3 is 5.97 Å². The van der Waals surface area contributed by atoms with E-state index in [1.807, 2.05) is 0 Å². The molecule has 1 fully saturated rings. The van der Waals surface area contributed by atoms with Crippen molar-refractivity contribution in [1.29, 1.82) is 0 Å². The Morgan fingerprint density at radius 1 is 1.23 bits per heavy atom. The summed E-state index contributed by atoms with van der Waals surface area (Å²) in [5.74, 6) is -0.120. The van der Waals surface area contributed by atoms with Crippen LogP contribution in [-0.2, 0) is 10.0 Å². The summed E-state index contributed by atoms with van der Waals surface area (Å²) >= 11 is 0. The maximum atomic E-state index is 12.6. The van der Waals surface area contributed by atoms with E-state index >= 15 is 0 Å². The zero-order valence-electron chi connectivity index (χ0n) is 13.9. The molecule has 0 aliphatic heterocycles. The van der Waals surface area contributed by atoms with Crippen molar-refractivity contribution in [3.05, 3.63) is 53.4 Å². The lowest BCUT2D eigenvalue weighted by atomic mass is 10.1. The normalized spacial score (nSPS) is 14.5. The first kappa shape index (κ1) is 16.6. The van der Waals surface area contributed by atoms with Crippen LogP contribution in [0.3, 0.4) is 0 Å². The van der Waals surface area contributed by atoms with E-state index in [0.717, 1.165) is 18.9 Å². The maximum Gasteiger partial charge on any atom is 0.335 e. The summed E-state index contributed by atoms with van der Waals surface area (Å²) in [6.45, 7) is 1.61. The standard InChI is InChI=1S/C18H16N2O5S/c1-10-2-6-13(9-14(10)18(21)22)26(23,24)20-12-5-7-16-15(8-12)19-17(25-16)11-3-4-11/h2,5-9,11,20H,3-4H2,1H3,(H,21,22). The highest BCUT2D eigenvalue weighted by molar-refractivity contribution is 7.92. The Balaban J connectivity index is 1.66. The minimum Gasteiger partial charge on any atom is -0.478 e. The van der Waals surface area contributed by atoms with E-state index in [1.54, 1.807) is 25.1 Å². The third-order valence-electron chi connectivity index (χ3n) is 4.33. The Labute approximate surface area is 149 Å². The second-order valence-electron chi connectivity index (χ2n) is 6.40. The van der Waals surface area contributed by atoms with Crippen molar-refractivity contribution in [2.45, 2.75) is 30.6 Å². The number of nitrogens with zero attached hydrogens (tertiary/aromatic N) is 1. The van der Waals surface area contributed by atoms with Crippen LogP contribution in [0.4, 0.5) is 5.69 Å². The largest absolute Gasteiger partial charge is 0.478 e. The van der Waals surface area contributed by atoms with Crippen LogP contribution in [0, 0.1) is 6.92 Å². The number of hydrogen-bond acceptors (Lipinski definition) is 5. The first-order valence-electron chi connectivity index (χ1n) is 8.11. The number of hydrogen-bond donors (Lipinski definition) is 2. The molecule has 4 rings (SSSR count). The number of carbonyl (C=O) groups is 1. The Hall–Kier alpha value is -2.87. The summed E-state index contributed by atoms with van der Waals surface area (Å²) < 4.78 is 33.3. The van der Waals surface area contributed by atoms with E-state index in [1.165, 1.54) is 12.1 Å². The van der Waals surface area contributed by atoms with Gasteiger partial charge in [0.05, 0.1) is 16.1 Å². The summed E-state index contributed by atoms with van der Waals surface area (Å²) in [5, 5.41) is 9.18. The molecule has 0 radical (unpaired) electrons. The molecule has 2 N–H and O–H groups in total. The molecule has 0 amide bonds. The second kappa shape index (κ2) is 5.84. The predicted molar refractivity (Wildman–Crippen MR) is 94.9 cm³/mol. The molecular formula is C18H16N2O5S. The average molecular weight is 372 g/mol. The Morgan fingerprint density at radius 2 is 2.00 bits per heavy atom. The molecule has 134 valence electrons. The van der Waals surface area contributed by atoms with Gasteiger partial charge in [-0.25, -0.2) is 18.2 Å². The van der Waals surface area contributed by atoms with Gasteiger partial charge in [0.15, 0.2) is 11.5 Å². The van der Waals surface area contributed by atoms with E-state index in [4.69, 9.17) is 4.42 Å². The topological polar surface area (TPSA) is 110 Å². The number of benzene rings is 2. The minimum atomic E-state index is -3.92. The molecule has 0 atom stereocenters. The van der Waals surface area contributed by atoms with Crippen molar-refractivity contribution >= 4 is 32.8 Å². The molecule has 1 saturated carbocycles. The molecule has 2 aromatic carbocycles. The first-order chi connectivity index (χ1) is 12.3. The monoisotopic (exact) mass is 372 g/mol. The fourth-order valence-electron chi connectivity index (χ4n) is 2.73. The number of nitrogens with one attached hydrogen (secondary N) is 1. The number of aryl methyl sites for hydroxylation is 1.